The van der Waals surface area contributed by atoms with Gasteiger partial charge < -0.3 is 9.88 Å². The number of aryl methyl sites for hydroxylation is 1. The third-order valence-corrected chi connectivity index (χ3v) is 5.62. The van der Waals surface area contributed by atoms with Crippen molar-refractivity contribution in [3.63, 3.8) is 0 Å². The van der Waals surface area contributed by atoms with E-state index in [9.17, 15) is 9.18 Å². The molecule has 0 radical (unpaired) electrons. The topological polar surface area (TPSA) is 46.9 Å². The molecule has 4 rings (SSSR count). The van der Waals surface area contributed by atoms with Gasteiger partial charge in [-0.05, 0) is 75.3 Å². The van der Waals surface area contributed by atoms with Crippen molar-refractivity contribution >= 4 is 17.3 Å². The molecule has 1 amide bonds. The number of benzene rings is 1. The maximum Gasteiger partial charge on any atom is 0.207 e. The number of hydrogen-bond acceptors (Lipinski definition) is 2. The lowest BCUT2D eigenvalue weighted by Crippen LogP contribution is -2.33. The summed E-state index contributed by atoms with van der Waals surface area (Å²) in [5.74, 6) is 0.833. The van der Waals surface area contributed by atoms with Crippen molar-refractivity contribution < 1.29 is 9.18 Å². The van der Waals surface area contributed by atoms with Crippen molar-refractivity contribution in [3.8, 4) is 11.3 Å². The number of aromatic nitrogens is 2. The van der Waals surface area contributed by atoms with E-state index in [0.717, 1.165) is 55.8 Å². The normalized spacial score (nSPS) is 13.9. The lowest BCUT2D eigenvalue weighted by Gasteiger charge is -2.23. The van der Waals surface area contributed by atoms with Gasteiger partial charge in [-0.3, -0.25) is 9.78 Å². The predicted octanol–water partition coefficient (Wildman–Crippen LogP) is 8.45. The van der Waals surface area contributed by atoms with Gasteiger partial charge in [0.2, 0.25) is 6.41 Å². The first-order chi connectivity index (χ1) is 17.8. The molecule has 0 spiro atoms. The second-order valence-electron chi connectivity index (χ2n) is 9.65. The van der Waals surface area contributed by atoms with Crippen LogP contribution in [0.25, 0.3) is 22.2 Å². The summed E-state index contributed by atoms with van der Waals surface area (Å²) in [5, 5.41) is 4.26. The second-order valence-corrected chi connectivity index (χ2v) is 9.65. The third-order valence-electron chi connectivity index (χ3n) is 5.62. The van der Waals surface area contributed by atoms with Crippen molar-refractivity contribution in [1.29, 1.82) is 0 Å². The van der Waals surface area contributed by atoms with Crippen LogP contribution in [-0.2, 0) is 24.2 Å². The average Bonchev–Trinajstić information content (AvgIpc) is 3.21. The minimum atomic E-state index is 0.216. The molecule has 202 valence electrons. The van der Waals surface area contributed by atoms with Gasteiger partial charge in [0, 0.05) is 40.9 Å². The van der Waals surface area contributed by atoms with Gasteiger partial charge in [-0.2, -0.15) is 0 Å². The Morgan fingerprint density at radius 3 is 2.46 bits per heavy atom. The maximum atomic E-state index is 10.9. The quantitative estimate of drug-likeness (QED) is 0.269. The summed E-state index contributed by atoms with van der Waals surface area (Å²) in [6, 6.07) is 12.9. The predicted molar refractivity (Wildman–Crippen MR) is 157 cm³/mol. The van der Waals surface area contributed by atoms with E-state index in [4.69, 9.17) is 0 Å². The summed E-state index contributed by atoms with van der Waals surface area (Å²) >= 11 is 0. The maximum absolute atomic E-state index is 10.9. The molecule has 0 bridgehead atoms. The van der Waals surface area contributed by atoms with Crippen LogP contribution in [0.3, 0.4) is 0 Å². The Morgan fingerprint density at radius 2 is 1.92 bits per heavy atom. The van der Waals surface area contributed by atoms with Gasteiger partial charge in [-0.1, -0.05) is 58.4 Å². The van der Waals surface area contributed by atoms with Gasteiger partial charge in [-0.15, -0.1) is 6.58 Å². The van der Waals surface area contributed by atoms with Crippen LogP contribution in [0.5, 0.6) is 0 Å². The Hall–Kier alpha value is -3.21. The Bertz CT molecular complexity index is 1110. The molecule has 2 aromatic heterocycles. The second kappa shape index (κ2) is 17.3. The summed E-state index contributed by atoms with van der Waals surface area (Å²) in [6.07, 6.45) is 8.34. The van der Waals surface area contributed by atoms with Gasteiger partial charge in [-0.25, -0.2) is 4.39 Å². The molecule has 0 aliphatic heterocycles. The van der Waals surface area contributed by atoms with Crippen LogP contribution < -0.4 is 5.32 Å². The summed E-state index contributed by atoms with van der Waals surface area (Å²) in [5.41, 5.74) is 7.37. The van der Waals surface area contributed by atoms with Crippen molar-refractivity contribution in [3.05, 3.63) is 78.4 Å². The highest BCUT2D eigenvalue weighted by molar-refractivity contribution is 5.90. The molecule has 1 N–H and O–H groups in total. The zero-order valence-electron chi connectivity index (χ0n) is 23.9. The van der Waals surface area contributed by atoms with Gasteiger partial charge >= 0.3 is 0 Å². The van der Waals surface area contributed by atoms with E-state index < -0.39 is 0 Å². The number of fused-ring (bicyclic) bond motifs is 3. The lowest BCUT2D eigenvalue weighted by atomic mass is 9.91. The summed E-state index contributed by atoms with van der Waals surface area (Å²) in [6.45, 7) is 19.2. The fraction of sp³-hybridized carbons (Fsp3) is 0.438. The molecule has 4 nitrogen and oxygen atoms in total. The van der Waals surface area contributed by atoms with Gasteiger partial charge in [0.25, 0.3) is 0 Å². The Labute approximate surface area is 223 Å². The zero-order valence-corrected chi connectivity index (χ0v) is 23.9. The third kappa shape index (κ3) is 9.99. The van der Waals surface area contributed by atoms with Crippen molar-refractivity contribution in [2.24, 2.45) is 5.92 Å². The Balaban J connectivity index is 0.000000594. The largest absolute Gasteiger partial charge is 0.356 e. The first-order valence-electron chi connectivity index (χ1n) is 13.4. The minimum Gasteiger partial charge on any atom is -0.356 e. The van der Waals surface area contributed by atoms with E-state index >= 15 is 0 Å². The van der Waals surface area contributed by atoms with Crippen LogP contribution in [0.1, 0.15) is 72.6 Å². The SMILES string of the molecule is C/C=C/F.C=C(C)CCn1c2c(c3cc(-c4ccccn4)ccc31)CC(NC=O)CC2.CC.CC(C)C. The molecule has 1 aliphatic carbocycles. The molecular weight excluding hydrogens is 461 g/mol. The average molecular weight is 508 g/mol. The van der Waals surface area contributed by atoms with Crippen LogP contribution in [0.4, 0.5) is 4.39 Å². The van der Waals surface area contributed by atoms with E-state index in [-0.39, 0.29) is 6.04 Å². The van der Waals surface area contributed by atoms with Crippen LogP contribution in [0.2, 0.25) is 0 Å². The minimum absolute atomic E-state index is 0.216. The Kier molecular flexibility index (Phi) is 14.9. The van der Waals surface area contributed by atoms with E-state index in [0.29, 0.717) is 6.33 Å². The van der Waals surface area contributed by atoms with E-state index in [1.54, 1.807) is 6.92 Å². The number of hydrogen-bond donors (Lipinski definition) is 1. The van der Waals surface area contributed by atoms with Gasteiger partial charge in [0.15, 0.2) is 0 Å². The lowest BCUT2D eigenvalue weighted by molar-refractivity contribution is -0.110. The number of carbonyl (C=O) groups is 1. The first-order valence-corrected chi connectivity index (χ1v) is 13.4. The molecule has 1 aliphatic rings. The van der Waals surface area contributed by atoms with Crippen molar-refractivity contribution in [2.45, 2.75) is 86.7 Å². The summed E-state index contributed by atoms with van der Waals surface area (Å²) < 4.78 is 13.0. The fourth-order valence-electron chi connectivity index (χ4n) is 4.14. The standard InChI is InChI=1S/C23H25N3O.C4H10.C3H5F.C2H6/c1-16(2)10-12-26-22-8-6-17(21-5-3-4-11-24-21)13-19(22)20-14-18(25-15-27)7-9-23(20)26;1-4(2)3;1-2-3-4;1-2/h3-6,8,11,13,15,18H,1,7,9-10,12,14H2,2H3,(H,25,27);4H,1-3H3;2-3H,1H3;1-2H3/b;;3-2+;. The molecule has 1 aromatic carbocycles. The van der Waals surface area contributed by atoms with Crippen LogP contribution in [0, 0.1) is 5.92 Å². The highest BCUT2D eigenvalue weighted by atomic mass is 19.1. The molecule has 0 fully saturated rings. The molecule has 5 heteroatoms. The number of amides is 1. The van der Waals surface area contributed by atoms with Crippen molar-refractivity contribution in [2.75, 3.05) is 0 Å². The number of halogens is 1. The number of pyridine rings is 1. The molecule has 0 saturated carbocycles. The van der Waals surface area contributed by atoms with Crippen LogP contribution in [-0.4, -0.2) is 22.0 Å². The van der Waals surface area contributed by atoms with Crippen LogP contribution in [0.15, 0.2) is 67.2 Å². The highest BCUT2D eigenvalue weighted by Crippen LogP contribution is 2.35. The molecule has 37 heavy (non-hydrogen) atoms. The first kappa shape index (κ1) is 31.8. The zero-order chi connectivity index (χ0) is 27.8. The summed E-state index contributed by atoms with van der Waals surface area (Å²) in [7, 11) is 0. The van der Waals surface area contributed by atoms with Crippen molar-refractivity contribution in [1.82, 2.24) is 14.9 Å². The Morgan fingerprint density at radius 1 is 1.24 bits per heavy atom. The number of allylic oxidation sites excluding steroid dienone is 2. The van der Waals surface area contributed by atoms with Crippen LogP contribution >= 0.6 is 0 Å². The molecule has 3 aromatic rings. The monoisotopic (exact) mass is 507 g/mol. The molecule has 1 atom stereocenters. The van der Waals surface area contributed by atoms with E-state index in [1.165, 1.54) is 33.8 Å². The number of nitrogens with one attached hydrogen (secondary N) is 1. The molecule has 2 heterocycles. The smallest absolute Gasteiger partial charge is 0.207 e. The fourth-order valence-corrected chi connectivity index (χ4v) is 4.14. The van der Waals surface area contributed by atoms with Gasteiger partial charge in [0.1, 0.15) is 0 Å². The molecule has 0 saturated heterocycles. The number of carbonyl (C=O) groups excluding carboxylic acids is 1. The molecular formula is C32H46FN3O. The highest BCUT2D eigenvalue weighted by Gasteiger charge is 2.25. The summed E-state index contributed by atoms with van der Waals surface area (Å²) in [4.78, 5) is 15.4. The molecule has 1 unspecified atom stereocenters. The number of nitrogens with zero attached hydrogens (tertiary/aromatic N) is 2. The van der Waals surface area contributed by atoms with Gasteiger partial charge in [0.05, 0.1) is 12.0 Å². The van der Waals surface area contributed by atoms with E-state index in [2.05, 4.69) is 67.3 Å². The number of rotatable bonds is 6. The van der Waals surface area contributed by atoms with E-state index in [1.807, 2.05) is 38.2 Å².